The molecule has 2 heterocycles. The second kappa shape index (κ2) is 9.49. The molecule has 0 unspecified atom stereocenters. The number of likely N-dealkylation sites (tertiary alicyclic amines) is 1. The summed E-state index contributed by atoms with van der Waals surface area (Å²) in [7, 11) is 0. The fourth-order valence-corrected chi connectivity index (χ4v) is 5.14. The van der Waals surface area contributed by atoms with E-state index in [1.54, 1.807) is 11.3 Å². The molecule has 5 nitrogen and oxygen atoms in total. The number of piperidine rings is 1. The minimum absolute atomic E-state index is 0.0395. The van der Waals surface area contributed by atoms with Crippen LogP contribution < -0.4 is 5.32 Å². The van der Waals surface area contributed by atoms with Crippen LogP contribution in [0.15, 0.2) is 60.1 Å². The highest BCUT2D eigenvalue weighted by atomic mass is 32.1. The number of aromatic nitrogens is 2. The maximum atomic E-state index is 11.2. The second-order valence-corrected chi connectivity index (χ2v) is 9.00. The number of rotatable bonds is 7. The number of aryl methyl sites for hydroxylation is 1. The van der Waals surface area contributed by atoms with Gasteiger partial charge in [-0.1, -0.05) is 42.5 Å². The van der Waals surface area contributed by atoms with Crippen LogP contribution in [0.3, 0.4) is 0 Å². The van der Waals surface area contributed by atoms with Gasteiger partial charge in [0.15, 0.2) is 0 Å². The second-order valence-electron chi connectivity index (χ2n) is 8.16. The Hall–Kier alpha value is -2.57. The van der Waals surface area contributed by atoms with E-state index in [2.05, 4.69) is 62.9 Å². The van der Waals surface area contributed by atoms with Crippen LogP contribution in [0.5, 0.6) is 0 Å². The lowest BCUT2D eigenvalue weighted by Gasteiger charge is -2.40. The van der Waals surface area contributed by atoms with Crippen LogP contribution in [0.4, 0.5) is 5.69 Å². The van der Waals surface area contributed by atoms with E-state index in [9.17, 15) is 4.79 Å². The van der Waals surface area contributed by atoms with Gasteiger partial charge in [0.1, 0.15) is 10.5 Å². The molecule has 4 rings (SSSR count). The molecule has 1 amide bonds. The fraction of sp³-hybridized carbons (Fsp3) is 0.375. The average Bonchev–Trinajstić information content (AvgIpc) is 3.31. The van der Waals surface area contributed by atoms with Gasteiger partial charge in [-0.3, -0.25) is 9.69 Å². The van der Waals surface area contributed by atoms with E-state index in [-0.39, 0.29) is 11.3 Å². The molecular weight excluding hydrogens is 392 g/mol. The third-order valence-corrected chi connectivity index (χ3v) is 6.98. The molecule has 0 radical (unpaired) electrons. The summed E-state index contributed by atoms with van der Waals surface area (Å²) in [5, 5.41) is 12.6. The molecule has 1 aliphatic rings. The molecular formula is C24H28N4OS. The zero-order chi connectivity index (χ0) is 20.8. The zero-order valence-electron chi connectivity index (χ0n) is 17.4. The van der Waals surface area contributed by atoms with Crippen LogP contribution in [-0.2, 0) is 23.2 Å². The van der Waals surface area contributed by atoms with Crippen molar-refractivity contribution in [1.29, 1.82) is 0 Å². The lowest BCUT2D eigenvalue weighted by molar-refractivity contribution is -0.114. The van der Waals surface area contributed by atoms with Crippen molar-refractivity contribution in [2.24, 2.45) is 0 Å². The van der Waals surface area contributed by atoms with Gasteiger partial charge in [-0.2, -0.15) is 0 Å². The third-order valence-electron chi connectivity index (χ3n) is 6.04. The number of hydrogen-bond acceptors (Lipinski definition) is 5. The molecule has 3 aromatic rings. The van der Waals surface area contributed by atoms with Gasteiger partial charge in [-0.25, -0.2) is 0 Å². The zero-order valence-corrected chi connectivity index (χ0v) is 18.2. The Balaban J connectivity index is 1.38. The van der Waals surface area contributed by atoms with Crippen molar-refractivity contribution in [3.63, 3.8) is 0 Å². The molecule has 0 aliphatic carbocycles. The Bertz CT molecular complexity index is 933. The molecule has 0 spiro atoms. The Kier molecular flexibility index (Phi) is 6.55. The minimum atomic E-state index is -0.0395. The van der Waals surface area contributed by atoms with Gasteiger partial charge in [-0.05, 0) is 62.0 Å². The number of carbonyl (C=O) groups excluding carboxylic acids is 1. The molecule has 1 aromatic heterocycles. The van der Waals surface area contributed by atoms with Crippen molar-refractivity contribution >= 4 is 22.9 Å². The molecule has 156 valence electrons. The SMILES string of the molecule is CC(=O)Nc1ccc(CN2CCC(CCc3ccccc3)(c3nncs3)CC2)cc1. The van der Waals surface area contributed by atoms with Crippen molar-refractivity contribution in [3.8, 4) is 0 Å². The monoisotopic (exact) mass is 420 g/mol. The van der Waals surface area contributed by atoms with Crippen LogP contribution in [-0.4, -0.2) is 34.1 Å². The van der Waals surface area contributed by atoms with E-state index in [4.69, 9.17) is 0 Å². The number of amides is 1. The molecule has 2 aromatic carbocycles. The summed E-state index contributed by atoms with van der Waals surface area (Å²) >= 11 is 1.70. The van der Waals surface area contributed by atoms with Crippen molar-refractivity contribution in [2.45, 2.75) is 44.6 Å². The number of nitrogens with one attached hydrogen (secondary N) is 1. The third kappa shape index (κ3) is 5.12. The number of hydrogen-bond donors (Lipinski definition) is 1. The summed E-state index contributed by atoms with van der Waals surface area (Å²) < 4.78 is 0. The number of carbonyl (C=O) groups is 1. The van der Waals surface area contributed by atoms with E-state index < -0.39 is 0 Å². The molecule has 1 aliphatic heterocycles. The topological polar surface area (TPSA) is 58.1 Å². The first-order valence-corrected chi connectivity index (χ1v) is 11.4. The number of nitrogens with zero attached hydrogens (tertiary/aromatic N) is 3. The Morgan fingerprint density at radius 3 is 2.43 bits per heavy atom. The first kappa shape index (κ1) is 20.7. The van der Waals surface area contributed by atoms with Crippen LogP contribution in [0.1, 0.15) is 42.3 Å². The van der Waals surface area contributed by atoms with Crippen molar-refractivity contribution in [3.05, 3.63) is 76.2 Å². The normalized spacial score (nSPS) is 16.3. The predicted octanol–water partition coefficient (Wildman–Crippen LogP) is 4.66. The fourth-order valence-electron chi connectivity index (χ4n) is 4.30. The summed E-state index contributed by atoms with van der Waals surface area (Å²) in [5.74, 6) is -0.0395. The molecule has 1 saturated heterocycles. The summed E-state index contributed by atoms with van der Waals surface area (Å²) in [6.07, 6.45) is 4.41. The quantitative estimate of drug-likeness (QED) is 0.604. The summed E-state index contributed by atoms with van der Waals surface area (Å²) in [4.78, 5) is 13.7. The van der Waals surface area contributed by atoms with E-state index in [0.29, 0.717) is 0 Å². The van der Waals surface area contributed by atoms with Gasteiger partial charge in [-0.15, -0.1) is 21.5 Å². The first-order chi connectivity index (χ1) is 14.6. The van der Waals surface area contributed by atoms with E-state index >= 15 is 0 Å². The lowest BCUT2D eigenvalue weighted by atomic mass is 9.74. The van der Waals surface area contributed by atoms with Gasteiger partial charge >= 0.3 is 0 Å². The first-order valence-electron chi connectivity index (χ1n) is 10.5. The van der Waals surface area contributed by atoms with Crippen molar-refractivity contribution in [1.82, 2.24) is 15.1 Å². The predicted molar refractivity (Wildman–Crippen MR) is 122 cm³/mol. The van der Waals surface area contributed by atoms with Crippen LogP contribution in [0, 0.1) is 0 Å². The van der Waals surface area contributed by atoms with Gasteiger partial charge in [0.25, 0.3) is 0 Å². The van der Waals surface area contributed by atoms with Crippen LogP contribution in [0.25, 0.3) is 0 Å². The van der Waals surface area contributed by atoms with Gasteiger partial charge in [0.05, 0.1) is 0 Å². The smallest absolute Gasteiger partial charge is 0.221 e. The largest absolute Gasteiger partial charge is 0.326 e. The molecule has 1 fully saturated rings. The maximum absolute atomic E-state index is 11.2. The molecule has 30 heavy (non-hydrogen) atoms. The number of benzene rings is 2. The maximum Gasteiger partial charge on any atom is 0.221 e. The summed E-state index contributed by atoms with van der Waals surface area (Å²) in [6.45, 7) is 4.58. The van der Waals surface area contributed by atoms with Crippen molar-refractivity contribution in [2.75, 3.05) is 18.4 Å². The van der Waals surface area contributed by atoms with Gasteiger partial charge in [0.2, 0.25) is 5.91 Å². The van der Waals surface area contributed by atoms with Gasteiger partial charge < -0.3 is 5.32 Å². The minimum Gasteiger partial charge on any atom is -0.326 e. The molecule has 0 atom stereocenters. The highest BCUT2D eigenvalue weighted by molar-refractivity contribution is 7.09. The molecule has 0 bridgehead atoms. The summed E-state index contributed by atoms with van der Waals surface area (Å²) in [6, 6.07) is 18.9. The highest BCUT2D eigenvalue weighted by Crippen LogP contribution is 2.40. The van der Waals surface area contributed by atoms with E-state index in [1.807, 2.05) is 17.6 Å². The molecule has 1 N–H and O–H groups in total. The molecule has 6 heteroatoms. The Morgan fingerprint density at radius 2 is 1.80 bits per heavy atom. The average molecular weight is 421 g/mol. The van der Waals surface area contributed by atoms with E-state index in [0.717, 1.165) is 51.0 Å². The standard InChI is InChI=1S/C24H28N4OS/c1-19(29)26-22-9-7-21(8-10-22)17-28-15-13-24(14-16-28,23-27-25-18-30-23)12-11-20-5-3-2-4-6-20/h2-10,18H,11-17H2,1H3,(H,26,29). The van der Waals surface area contributed by atoms with Crippen molar-refractivity contribution < 1.29 is 4.79 Å². The van der Waals surface area contributed by atoms with Crippen LogP contribution in [0.2, 0.25) is 0 Å². The molecule has 0 saturated carbocycles. The number of anilines is 1. The lowest BCUT2D eigenvalue weighted by Crippen LogP contribution is -2.42. The highest BCUT2D eigenvalue weighted by Gasteiger charge is 2.38. The van der Waals surface area contributed by atoms with E-state index in [1.165, 1.54) is 23.1 Å². The van der Waals surface area contributed by atoms with Gasteiger partial charge in [0, 0.05) is 24.6 Å². The Morgan fingerprint density at radius 1 is 1.07 bits per heavy atom. The Labute approximate surface area is 182 Å². The summed E-state index contributed by atoms with van der Waals surface area (Å²) in [5.41, 5.74) is 5.51. The van der Waals surface area contributed by atoms with Crippen LogP contribution >= 0.6 is 11.3 Å².